The number of hydrogen-bond acceptors (Lipinski definition) is 3. The van der Waals surface area contributed by atoms with Crippen LogP contribution in [0.15, 0.2) is 30.3 Å². The lowest BCUT2D eigenvalue weighted by Gasteiger charge is -2.47. The lowest BCUT2D eigenvalue weighted by Crippen LogP contribution is -2.56. The third-order valence-corrected chi connectivity index (χ3v) is 4.13. The highest BCUT2D eigenvalue weighted by molar-refractivity contribution is 5.87. The molecule has 1 atom stereocenters. The van der Waals surface area contributed by atoms with E-state index in [1.165, 1.54) is 18.2 Å². The summed E-state index contributed by atoms with van der Waals surface area (Å²) in [6.07, 6.45) is 2.23. The molecule has 1 aromatic rings. The molecule has 21 heavy (non-hydrogen) atoms. The van der Waals surface area contributed by atoms with Gasteiger partial charge in [-0.2, -0.15) is 0 Å². The topological polar surface area (TPSA) is 29.5 Å². The van der Waals surface area contributed by atoms with Crippen LogP contribution >= 0.6 is 0 Å². The molecule has 1 aliphatic rings. The second kappa shape index (κ2) is 5.55. The highest BCUT2D eigenvalue weighted by Gasteiger charge is 2.41. The molecule has 0 spiro atoms. The summed E-state index contributed by atoms with van der Waals surface area (Å²) in [5.41, 5.74) is 3.30. The Bertz CT molecular complexity index is 572. The van der Waals surface area contributed by atoms with Crippen LogP contribution < -0.4 is 4.90 Å². The average molecular weight is 287 g/mol. The Morgan fingerprint density at radius 2 is 1.86 bits per heavy atom. The van der Waals surface area contributed by atoms with Crippen molar-refractivity contribution in [3.8, 4) is 0 Å². The van der Waals surface area contributed by atoms with E-state index in [0.717, 1.165) is 5.69 Å². The normalized spacial score (nSPS) is 18.0. The first-order chi connectivity index (χ1) is 9.79. The zero-order valence-electron chi connectivity index (χ0n) is 13.8. The van der Waals surface area contributed by atoms with Crippen molar-refractivity contribution in [2.75, 3.05) is 12.0 Å². The molecule has 1 aliphatic heterocycles. The van der Waals surface area contributed by atoms with Crippen molar-refractivity contribution < 1.29 is 9.53 Å². The third kappa shape index (κ3) is 2.69. The first-order valence-corrected chi connectivity index (χ1v) is 7.45. The summed E-state index contributed by atoms with van der Waals surface area (Å²) in [4.78, 5) is 14.5. The monoisotopic (exact) mass is 287 g/mol. The van der Waals surface area contributed by atoms with Gasteiger partial charge >= 0.3 is 5.97 Å². The van der Waals surface area contributed by atoms with Crippen molar-refractivity contribution in [2.45, 2.75) is 46.2 Å². The average Bonchev–Trinajstić information content (AvgIpc) is 2.41. The van der Waals surface area contributed by atoms with Crippen molar-refractivity contribution in [2.24, 2.45) is 5.92 Å². The Morgan fingerprint density at radius 3 is 2.43 bits per heavy atom. The molecule has 0 saturated heterocycles. The van der Waals surface area contributed by atoms with Gasteiger partial charge in [0.2, 0.25) is 0 Å². The highest BCUT2D eigenvalue weighted by atomic mass is 16.5. The SMILES string of the molecule is COC(=O)[C@H](C(C)C)N1c2ccccc2C(C)=CC1(C)C. The summed E-state index contributed by atoms with van der Waals surface area (Å²) >= 11 is 0. The van der Waals surface area contributed by atoms with Crippen molar-refractivity contribution in [1.82, 2.24) is 0 Å². The molecule has 0 aliphatic carbocycles. The number of benzene rings is 1. The van der Waals surface area contributed by atoms with Crippen LogP contribution in [0.3, 0.4) is 0 Å². The molecule has 0 N–H and O–H groups in total. The van der Waals surface area contributed by atoms with Crippen LogP contribution in [0.5, 0.6) is 0 Å². The van der Waals surface area contributed by atoms with Crippen LogP contribution in [0.1, 0.15) is 40.2 Å². The van der Waals surface area contributed by atoms with Gasteiger partial charge in [-0.15, -0.1) is 0 Å². The fourth-order valence-electron chi connectivity index (χ4n) is 3.31. The predicted molar refractivity (Wildman–Crippen MR) is 87.3 cm³/mol. The second-order valence-corrected chi connectivity index (χ2v) is 6.58. The van der Waals surface area contributed by atoms with Crippen LogP contribution in [0.4, 0.5) is 5.69 Å². The minimum atomic E-state index is -0.296. The molecule has 3 nitrogen and oxygen atoms in total. The first-order valence-electron chi connectivity index (χ1n) is 7.45. The maximum absolute atomic E-state index is 12.3. The molecule has 3 heteroatoms. The number of esters is 1. The molecule has 1 aromatic carbocycles. The predicted octanol–water partition coefficient (Wildman–Crippen LogP) is 3.89. The maximum atomic E-state index is 12.3. The number of hydrogen-bond donors (Lipinski definition) is 0. The van der Waals surface area contributed by atoms with Gasteiger partial charge in [0.25, 0.3) is 0 Å². The fraction of sp³-hybridized carbons (Fsp3) is 0.500. The van der Waals surface area contributed by atoms with Crippen LogP contribution in [-0.2, 0) is 9.53 Å². The lowest BCUT2D eigenvalue weighted by atomic mass is 9.85. The Kier molecular flexibility index (Phi) is 4.13. The third-order valence-electron chi connectivity index (χ3n) is 4.13. The van der Waals surface area contributed by atoms with Crippen molar-refractivity contribution >= 4 is 17.2 Å². The van der Waals surface area contributed by atoms with E-state index < -0.39 is 0 Å². The zero-order chi connectivity index (χ0) is 15.8. The van der Waals surface area contributed by atoms with Crippen LogP contribution in [0.2, 0.25) is 0 Å². The van der Waals surface area contributed by atoms with E-state index in [9.17, 15) is 4.79 Å². The minimum absolute atomic E-state index is 0.164. The molecule has 1 heterocycles. The molecule has 0 radical (unpaired) electrons. The van der Waals surface area contributed by atoms with Crippen molar-refractivity contribution in [3.05, 3.63) is 35.9 Å². The fourth-order valence-corrected chi connectivity index (χ4v) is 3.31. The molecule has 0 bridgehead atoms. The van der Waals surface area contributed by atoms with Gasteiger partial charge in [-0.05, 0) is 38.3 Å². The Morgan fingerprint density at radius 1 is 1.24 bits per heavy atom. The second-order valence-electron chi connectivity index (χ2n) is 6.58. The Hall–Kier alpha value is -1.77. The summed E-state index contributed by atoms with van der Waals surface area (Å²) in [7, 11) is 1.46. The zero-order valence-corrected chi connectivity index (χ0v) is 13.8. The Labute approximate surface area is 127 Å². The molecule has 0 unspecified atom stereocenters. The van der Waals surface area contributed by atoms with Crippen LogP contribution in [0.25, 0.3) is 5.57 Å². The van der Waals surface area contributed by atoms with Crippen LogP contribution in [-0.4, -0.2) is 24.7 Å². The maximum Gasteiger partial charge on any atom is 0.328 e. The van der Waals surface area contributed by atoms with Crippen molar-refractivity contribution in [3.63, 3.8) is 0 Å². The summed E-state index contributed by atoms with van der Waals surface area (Å²) in [5.74, 6) is -0.0163. The van der Waals surface area contributed by atoms with Gasteiger partial charge in [-0.3, -0.25) is 0 Å². The number of rotatable bonds is 3. The first kappa shape index (κ1) is 15.6. The van der Waals surface area contributed by atoms with E-state index in [2.05, 4.69) is 57.7 Å². The van der Waals surface area contributed by atoms with E-state index in [0.29, 0.717) is 0 Å². The number of methoxy groups -OCH3 is 1. The number of fused-ring (bicyclic) bond motifs is 1. The molecular formula is C18H25NO2. The van der Waals surface area contributed by atoms with Gasteiger partial charge in [0.1, 0.15) is 6.04 Å². The van der Waals surface area contributed by atoms with E-state index in [1.54, 1.807) is 0 Å². The van der Waals surface area contributed by atoms with E-state index >= 15 is 0 Å². The number of carbonyl (C=O) groups excluding carboxylic acids is 1. The van der Waals surface area contributed by atoms with E-state index in [4.69, 9.17) is 4.74 Å². The van der Waals surface area contributed by atoms with E-state index in [-0.39, 0.29) is 23.5 Å². The number of carbonyl (C=O) groups is 1. The molecule has 0 fully saturated rings. The summed E-state index contributed by atoms with van der Waals surface area (Å²) in [6.45, 7) is 10.5. The number of allylic oxidation sites excluding steroid dienone is 1. The van der Waals surface area contributed by atoms with Gasteiger partial charge in [-0.1, -0.05) is 38.1 Å². The number of nitrogens with zero attached hydrogens (tertiary/aromatic N) is 1. The molecule has 0 aromatic heterocycles. The smallest absolute Gasteiger partial charge is 0.328 e. The van der Waals surface area contributed by atoms with E-state index in [1.807, 2.05) is 12.1 Å². The number of ether oxygens (including phenoxy) is 1. The molecule has 0 amide bonds. The molecule has 0 saturated carbocycles. The van der Waals surface area contributed by atoms with Gasteiger partial charge in [-0.25, -0.2) is 4.79 Å². The summed E-state index contributed by atoms with van der Waals surface area (Å²) < 4.78 is 5.06. The number of anilines is 1. The van der Waals surface area contributed by atoms with Gasteiger partial charge in [0.05, 0.1) is 12.6 Å². The molecule has 2 rings (SSSR count). The summed E-state index contributed by atoms with van der Waals surface area (Å²) in [5, 5.41) is 0. The largest absolute Gasteiger partial charge is 0.467 e. The summed E-state index contributed by atoms with van der Waals surface area (Å²) in [6, 6.07) is 7.96. The molecule has 114 valence electrons. The molecular weight excluding hydrogens is 262 g/mol. The van der Waals surface area contributed by atoms with Gasteiger partial charge in [0.15, 0.2) is 0 Å². The standard InChI is InChI=1S/C18H25NO2/c1-12(2)16(17(20)21-6)19-15-10-8-7-9-14(15)13(3)11-18(19,4)5/h7-12,16H,1-6H3/t16-/m0/s1. The van der Waals surface area contributed by atoms with Crippen molar-refractivity contribution in [1.29, 1.82) is 0 Å². The Balaban J connectivity index is 2.62. The highest BCUT2D eigenvalue weighted by Crippen LogP contribution is 2.41. The van der Waals surface area contributed by atoms with Crippen LogP contribution in [0, 0.1) is 5.92 Å². The van der Waals surface area contributed by atoms with Gasteiger partial charge < -0.3 is 9.64 Å². The quantitative estimate of drug-likeness (QED) is 0.790. The number of para-hydroxylation sites is 1. The minimum Gasteiger partial charge on any atom is -0.467 e. The van der Waals surface area contributed by atoms with Gasteiger partial charge in [0, 0.05) is 11.3 Å². The lowest BCUT2D eigenvalue weighted by molar-refractivity contribution is -0.143.